The van der Waals surface area contributed by atoms with Crippen LogP contribution >= 0.6 is 0 Å². The molecule has 2 amide bonds. The lowest BCUT2D eigenvalue weighted by Crippen LogP contribution is -2.60. The molecule has 0 aromatic heterocycles. The molecule has 122 valence electrons. The van der Waals surface area contributed by atoms with E-state index >= 15 is 0 Å². The average molecular weight is 297 g/mol. The molecule has 0 aromatic rings. The number of nitrogens with one attached hydrogen (secondary N) is 1. The third kappa shape index (κ3) is 4.10. The Hall–Kier alpha value is -0.810. The second-order valence-electron chi connectivity index (χ2n) is 6.50. The molecule has 2 fully saturated rings. The molecular formula is C16H31N3O2. The van der Waals surface area contributed by atoms with Gasteiger partial charge in [0.05, 0.1) is 18.2 Å². The van der Waals surface area contributed by atoms with Gasteiger partial charge in [0.25, 0.3) is 0 Å². The van der Waals surface area contributed by atoms with Crippen LogP contribution in [-0.2, 0) is 4.74 Å². The smallest absolute Gasteiger partial charge is 0.318 e. The van der Waals surface area contributed by atoms with Crippen LogP contribution in [0.2, 0.25) is 0 Å². The lowest BCUT2D eigenvalue weighted by Gasteiger charge is -2.43. The molecule has 0 aromatic carbocycles. The fourth-order valence-electron chi connectivity index (χ4n) is 3.65. The van der Waals surface area contributed by atoms with Crippen molar-refractivity contribution in [3.05, 3.63) is 0 Å². The second kappa shape index (κ2) is 7.99. The Morgan fingerprint density at radius 1 is 1.33 bits per heavy atom. The van der Waals surface area contributed by atoms with E-state index < -0.39 is 0 Å². The van der Waals surface area contributed by atoms with Crippen molar-refractivity contribution in [2.75, 3.05) is 26.3 Å². The van der Waals surface area contributed by atoms with Crippen LogP contribution in [0.4, 0.5) is 4.79 Å². The van der Waals surface area contributed by atoms with Crippen LogP contribution in [-0.4, -0.2) is 48.8 Å². The molecule has 0 spiro atoms. The Kier molecular flexibility index (Phi) is 6.30. The molecule has 1 atom stereocenters. The summed E-state index contributed by atoms with van der Waals surface area (Å²) in [4.78, 5) is 14.8. The summed E-state index contributed by atoms with van der Waals surface area (Å²) in [7, 11) is 0. The Morgan fingerprint density at radius 2 is 2.05 bits per heavy atom. The summed E-state index contributed by atoms with van der Waals surface area (Å²) < 4.78 is 5.36. The van der Waals surface area contributed by atoms with Gasteiger partial charge in [0, 0.05) is 19.7 Å². The first kappa shape index (κ1) is 16.6. The highest BCUT2D eigenvalue weighted by atomic mass is 16.5. The van der Waals surface area contributed by atoms with E-state index in [-0.39, 0.29) is 17.6 Å². The number of rotatable bonds is 5. The van der Waals surface area contributed by atoms with Crippen molar-refractivity contribution in [1.82, 2.24) is 10.2 Å². The maximum Gasteiger partial charge on any atom is 0.318 e. The van der Waals surface area contributed by atoms with Crippen LogP contribution in [0.15, 0.2) is 0 Å². The number of urea groups is 1. The molecule has 1 heterocycles. The van der Waals surface area contributed by atoms with Crippen LogP contribution in [0.25, 0.3) is 0 Å². The first-order valence-corrected chi connectivity index (χ1v) is 8.58. The number of hydrogen-bond donors (Lipinski definition) is 2. The number of carbonyl (C=O) groups is 1. The van der Waals surface area contributed by atoms with Crippen molar-refractivity contribution in [3.63, 3.8) is 0 Å². The zero-order valence-corrected chi connectivity index (χ0v) is 13.4. The Morgan fingerprint density at radius 3 is 2.57 bits per heavy atom. The molecule has 1 saturated heterocycles. The van der Waals surface area contributed by atoms with Gasteiger partial charge in [0.2, 0.25) is 0 Å². The van der Waals surface area contributed by atoms with Crippen LogP contribution in [0.3, 0.4) is 0 Å². The quantitative estimate of drug-likeness (QED) is 0.765. The molecule has 0 bridgehead atoms. The van der Waals surface area contributed by atoms with Crippen molar-refractivity contribution < 1.29 is 9.53 Å². The lowest BCUT2D eigenvalue weighted by atomic mass is 9.88. The topological polar surface area (TPSA) is 67.6 Å². The van der Waals surface area contributed by atoms with Gasteiger partial charge in [-0.05, 0) is 25.7 Å². The van der Waals surface area contributed by atoms with Crippen LogP contribution in [0.1, 0.15) is 58.3 Å². The molecule has 1 aliphatic heterocycles. The predicted molar refractivity (Wildman–Crippen MR) is 84.2 cm³/mol. The highest BCUT2D eigenvalue weighted by Crippen LogP contribution is 2.32. The number of ether oxygens (including phenoxy) is 1. The SMILES string of the molecule is CCCN(C(=O)NC1CCOC1)C1(CN)CCCCCC1. The summed E-state index contributed by atoms with van der Waals surface area (Å²) in [5.74, 6) is 0. The van der Waals surface area contributed by atoms with Gasteiger partial charge >= 0.3 is 6.03 Å². The summed E-state index contributed by atoms with van der Waals surface area (Å²) in [5, 5.41) is 3.15. The van der Waals surface area contributed by atoms with E-state index in [1.54, 1.807) is 0 Å². The largest absolute Gasteiger partial charge is 0.379 e. The fourth-order valence-corrected chi connectivity index (χ4v) is 3.65. The third-order valence-corrected chi connectivity index (χ3v) is 4.94. The zero-order chi connectivity index (χ0) is 15.1. The van der Waals surface area contributed by atoms with Gasteiger partial charge in [0.15, 0.2) is 0 Å². The Bertz CT molecular complexity index is 321. The van der Waals surface area contributed by atoms with E-state index in [1.807, 2.05) is 4.90 Å². The molecule has 2 aliphatic rings. The van der Waals surface area contributed by atoms with Gasteiger partial charge in [-0.15, -0.1) is 0 Å². The Labute approximate surface area is 128 Å². The molecule has 2 rings (SSSR count). The van der Waals surface area contributed by atoms with Gasteiger partial charge in [-0.3, -0.25) is 0 Å². The minimum atomic E-state index is -0.143. The van der Waals surface area contributed by atoms with Gasteiger partial charge in [0.1, 0.15) is 0 Å². The summed E-state index contributed by atoms with van der Waals surface area (Å²) >= 11 is 0. The second-order valence-corrected chi connectivity index (χ2v) is 6.50. The maximum atomic E-state index is 12.8. The standard InChI is InChI=1S/C16H31N3O2/c1-2-10-19(15(20)18-14-7-11-21-12-14)16(13-17)8-5-3-4-6-9-16/h14H,2-13,17H2,1H3,(H,18,20). The third-order valence-electron chi connectivity index (χ3n) is 4.94. The molecule has 5 nitrogen and oxygen atoms in total. The van der Waals surface area contributed by atoms with Crippen LogP contribution in [0.5, 0.6) is 0 Å². The number of amides is 2. The van der Waals surface area contributed by atoms with E-state index in [4.69, 9.17) is 10.5 Å². The fraction of sp³-hybridized carbons (Fsp3) is 0.938. The number of nitrogens with two attached hydrogens (primary N) is 1. The van der Waals surface area contributed by atoms with Crippen molar-refractivity contribution in [2.45, 2.75) is 69.9 Å². The van der Waals surface area contributed by atoms with Crippen molar-refractivity contribution in [1.29, 1.82) is 0 Å². The van der Waals surface area contributed by atoms with E-state index in [9.17, 15) is 4.79 Å². The number of hydrogen-bond acceptors (Lipinski definition) is 3. The summed E-state index contributed by atoms with van der Waals surface area (Å²) in [6, 6.07) is 0.220. The highest BCUT2D eigenvalue weighted by molar-refractivity contribution is 5.75. The molecule has 21 heavy (non-hydrogen) atoms. The monoisotopic (exact) mass is 297 g/mol. The molecular weight excluding hydrogens is 266 g/mol. The molecule has 3 N–H and O–H groups in total. The summed E-state index contributed by atoms with van der Waals surface area (Å²) in [5.41, 5.74) is 6.00. The van der Waals surface area contributed by atoms with E-state index in [2.05, 4.69) is 12.2 Å². The molecule has 0 radical (unpaired) electrons. The minimum Gasteiger partial charge on any atom is -0.379 e. The maximum absolute atomic E-state index is 12.8. The number of carbonyl (C=O) groups excluding carboxylic acids is 1. The van der Waals surface area contributed by atoms with Crippen molar-refractivity contribution in [2.24, 2.45) is 5.73 Å². The van der Waals surface area contributed by atoms with Crippen molar-refractivity contribution in [3.8, 4) is 0 Å². The highest BCUT2D eigenvalue weighted by Gasteiger charge is 2.39. The molecule has 1 unspecified atom stereocenters. The molecule has 1 aliphatic carbocycles. The van der Waals surface area contributed by atoms with E-state index in [1.165, 1.54) is 25.7 Å². The van der Waals surface area contributed by atoms with Gasteiger partial charge in [-0.1, -0.05) is 32.6 Å². The normalized spacial score (nSPS) is 25.3. The van der Waals surface area contributed by atoms with E-state index in [0.717, 1.165) is 38.8 Å². The van der Waals surface area contributed by atoms with Crippen LogP contribution in [0, 0.1) is 0 Å². The number of nitrogens with zero attached hydrogens (tertiary/aromatic N) is 1. The lowest BCUT2D eigenvalue weighted by molar-refractivity contribution is 0.0990. The van der Waals surface area contributed by atoms with Gasteiger partial charge < -0.3 is 20.7 Å². The first-order valence-electron chi connectivity index (χ1n) is 8.58. The molecule has 5 heteroatoms. The van der Waals surface area contributed by atoms with E-state index in [0.29, 0.717) is 13.2 Å². The van der Waals surface area contributed by atoms with Gasteiger partial charge in [-0.25, -0.2) is 4.79 Å². The average Bonchev–Trinajstić information content (AvgIpc) is 2.87. The summed E-state index contributed by atoms with van der Waals surface area (Å²) in [6.07, 6.45) is 8.85. The molecule has 1 saturated carbocycles. The Balaban J connectivity index is 2.08. The van der Waals surface area contributed by atoms with Crippen molar-refractivity contribution >= 4 is 6.03 Å². The first-order chi connectivity index (χ1) is 10.2. The minimum absolute atomic E-state index is 0.0553. The predicted octanol–water partition coefficient (Wildman–Crippen LogP) is 2.25. The zero-order valence-electron chi connectivity index (χ0n) is 13.4. The van der Waals surface area contributed by atoms with Crippen LogP contribution < -0.4 is 11.1 Å². The van der Waals surface area contributed by atoms with Gasteiger partial charge in [-0.2, -0.15) is 0 Å². The summed E-state index contributed by atoms with van der Waals surface area (Å²) in [6.45, 7) is 4.88.